The number of aromatic nitrogens is 1. The molecule has 1 N–H and O–H groups in total. The van der Waals surface area contributed by atoms with Gasteiger partial charge in [0.15, 0.2) is 11.5 Å². The third kappa shape index (κ3) is 5.85. The number of nitrogens with one attached hydrogen (secondary N) is 1. The lowest BCUT2D eigenvalue weighted by Gasteiger charge is -2.20. The number of anilines is 1. The molecule has 1 aromatic heterocycles. The number of benzene rings is 2. The highest BCUT2D eigenvalue weighted by Gasteiger charge is 2.19. The van der Waals surface area contributed by atoms with E-state index in [2.05, 4.69) is 40.7 Å². The molecule has 0 aliphatic carbocycles. The Morgan fingerprint density at radius 2 is 1.91 bits per heavy atom. The predicted octanol–water partition coefficient (Wildman–Crippen LogP) is 4.06. The summed E-state index contributed by atoms with van der Waals surface area (Å²) in [5.41, 5.74) is 3.10. The maximum atomic E-state index is 11.7. The summed E-state index contributed by atoms with van der Waals surface area (Å²) < 4.78 is 42.7. The fourth-order valence-electron chi connectivity index (χ4n) is 4.04. The van der Waals surface area contributed by atoms with E-state index in [1.807, 2.05) is 19.1 Å². The summed E-state index contributed by atoms with van der Waals surface area (Å²) in [6, 6.07) is 13.2. The van der Waals surface area contributed by atoms with E-state index in [0.29, 0.717) is 29.6 Å². The minimum atomic E-state index is -3.42. The van der Waals surface area contributed by atoms with Crippen molar-refractivity contribution in [1.29, 1.82) is 0 Å². The van der Waals surface area contributed by atoms with Crippen molar-refractivity contribution in [2.45, 2.75) is 26.8 Å². The Labute approximate surface area is 194 Å². The average Bonchev–Trinajstić information content (AvgIpc) is 3.33. The van der Waals surface area contributed by atoms with Crippen LogP contribution in [0.25, 0.3) is 11.5 Å². The van der Waals surface area contributed by atoms with Gasteiger partial charge < -0.3 is 18.8 Å². The first kappa shape index (κ1) is 23.1. The lowest BCUT2D eigenvalue weighted by Crippen LogP contribution is -2.25. The van der Waals surface area contributed by atoms with E-state index in [1.54, 1.807) is 18.2 Å². The summed E-state index contributed by atoms with van der Waals surface area (Å²) in [5, 5.41) is 0. The molecule has 0 saturated carbocycles. The van der Waals surface area contributed by atoms with E-state index in [-0.39, 0.29) is 6.79 Å². The van der Waals surface area contributed by atoms with Crippen LogP contribution in [-0.2, 0) is 23.0 Å². The van der Waals surface area contributed by atoms with Crippen LogP contribution in [0, 0.1) is 12.8 Å². The van der Waals surface area contributed by atoms with Gasteiger partial charge in [-0.1, -0.05) is 25.1 Å². The maximum Gasteiger partial charge on any atom is 0.231 e. The Balaban J connectivity index is 1.41. The van der Waals surface area contributed by atoms with Crippen molar-refractivity contribution in [3.8, 4) is 23.0 Å². The monoisotopic (exact) mass is 471 g/mol. The largest absolute Gasteiger partial charge is 0.454 e. The fraction of sp³-hybridized carbons (Fsp3) is 0.375. The lowest BCUT2D eigenvalue weighted by molar-refractivity contribution is 0.174. The number of para-hydroxylation sites is 1. The zero-order valence-corrected chi connectivity index (χ0v) is 20.1. The zero-order chi connectivity index (χ0) is 23.6. The Morgan fingerprint density at radius 3 is 2.70 bits per heavy atom. The quantitative estimate of drug-likeness (QED) is 0.503. The van der Waals surface area contributed by atoms with Gasteiger partial charge in [-0.15, -0.1) is 0 Å². The van der Waals surface area contributed by atoms with Crippen LogP contribution in [0.2, 0.25) is 0 Å². The van der Waals surface area contributed by atoms with Crippen LogP contribution in [0.5, 0.6) is 11.5 Å². The smallest absolute Gasteiger partial charge is 0.231 e. The van der Waals surface area contributed by atoms with Crippen LogP contribution < -0.4 is 14.2 Å². The molecule has 1 aliphatic rings. The Morgan fingerprint density at radius 1 is 1.15 bits per heavy atom. The third-order valence-electron chi connectivity index (χ3n) is 5.41. The van der Waals surface area contributed by atoms with Crippen molar-refractivity contribution in [2.75, 3.05) is 31.4 Å². The Hall–Kier alpha value is -3.04. The number of aryl methyl sites for hydroxylation is 1. The van der Waals surface area contributed by atoms with Crippen molar-refractivity contribution in [3.05, 3.63) is 59.5 Å². The van der Waals surface area contributed by atoms with E-state index in [0.717, 1.165) is 42.2 Å². The maximum absolute atomic E-state index is 11.7. The second-order valence-electron chi connectivity index (χ2n) is 8.64. The average molecular weight is 472 g/mol. The number of hydrogen-bond acceptors (Lipinski definition) is 7. The van der Waals surface area contributed by atoms with Crippen molar-refractivity contribution < 1.29 is 22.3 Å². The Kier molecular flexibility index (Phi) is 6.62. The first-order chi connectivity index (χ1) is 15.7. The van der Waals surface area contributed by atoms with Crippen LogP contribution in [0.4, 0.5) is 5.69 Å². The first-order valence-electron chi connectivity index (χ1n) is 10.8. The van der Waals surface area contributed by atoms with Crippen LogP contribution in [-0.4, -0.2) is 44.9 Å². The second kappa shape index (κ2) is 9.44. The van der Waals surface area contributed by atoms with Gasteiger partial charge in [0, 0.05) is 13.1 Å². The molecule has 4 rings (SSSR count). The highest BCUT2D eigenvalue weighted by molar-refractivity contribution is 7.92. The van der Waals surface area contributed by atoms with Gasteiger partial charge in [0.05, 0.1) is 23.2 Å². The molecule has 176 valence electrons. The molecular weight excluding hydrogens is 442 g/mol. The highest BCUT2D eigenvalue weighted by atomic mass is 32.2. The van der Waals surface area contributed by atoms with E-state index in [4.69, 9.17) is 13.9 Å². The van der Waals surface area contributed by atoms with Crippen LogP contribution >= 0.6 is 0 Å². The van der Waals surface area contributed by atoms with Gasteiger partial charge in [-0.2, -0.15) is 0 Å². The van der Waals surface area contributed by atoms with Gasteiger partial charge in [-0.25, -0.2) is 13.4 Å². The SMILES string of the molecule is Cc1oc(-c2ccccc2NS(C)(=O)=O)nc1CN(C)C[C@@H](C)Cc1ccc2c(c1)OCO2. The molecule has 1 aliphatic heterocycles. The summed E-state index contributed by atoms with van der Waals surface area (Å²) in [7, 11) is -1.36. The number of fused-ring (bicyclic) bond motifs is 1. The molecule has 8 nitrogen and oxygen atoms in total. The molecule has 0 saturated heterocycles. The second-order valence-corrected chi connectivity index (χ2v) is 10.4. The topological polar surface area (TPSA) is 93.9 Å². The van der Waals surface area contributed by atoms with Crippen molar-refractivity contribution >= 4 is 15.7 Å². The number of sulfonamides is 1. The van der Waals surface area contributed by atoms with Crippen molar-refractivity contribution in [3.63, 3.8) is 0 Å². The number of rotatable bonds is 9. The molecule has 1 atom stereocenters. The molecule has 0 bridgehead atoms. The molecule has 0 amide bonds. The number of oxazole rings is 1. The van der Waals surface area contributed by atoms with Gasteiger partial charge in [0.1, 0.15) is 5.76 Å². The molecule has 0 spiro atoms. The minimum absolute atomic E-state index is 0.283. The summed E-state index contributed by atoms with van der Waals surface area (Å²) in [6.07, 6.45) is 2.05. The molecule has 0 radical (unpaired) electrons. The molecule has 0 fully saturated rings. The van der Waals surface area contributed by atoms with Gasteiger partial charge in [0.2, 0.25) is 22.7 Å². The Bertz CT molecular complexity index is 1240. The summed E-state index contributed by atoms with van der Waals surface area (Å²) in [4.78, 5) is 6.88. The lowest BCUT2D eigenvalue weighted by atomic mass is 10.00. The molecular formula is C24H29N3O5S. The standard InChI is InChI=1S/C24H29N3O5S/c1-16(11-18-9-10-22-23(12-18)31-15-30-22)13-27(3)14-21-17(2)32-24(25-21)19-7-5-6-8-20(19)26-33(4,28)29/h5-10,12,16,26H,11,13-15H2,1-4H3/t16-/m0/s1. The van der Waals surface area contributed by atoms with Gasteiger partial charge >= 0.3 is 0 Å². The highest BCUT2D eigenvalue weighted by Crippen LogP contribution is 2.33. The van der Waals surface area contributed by atoms with Gasteiger partial charge in [0.25, 0.3) is 0 Å². The summed E-state index contributed by atoms with van der Waals surface area (Å²) in [5.74, 6) is 3.14. The van der Waals surface area contributed by atoms with Crippen LogP contribution in [0.3, 0.4) is 0 Å². The molecule has 3 aromatic rings. The number of nitrogens with zero attached hydrogens (tertiary/aromatic N) is 2. The van der Waals surface area contributed by atoms with Gasteiger partial charge in [-0.05, 0) is 56.1 Å². The van der Waals surface area contributed by atoms with Crippen LogP contribution in [0.1, 0.15) is 23.9 Å². The molecule has 33 heavy (non-hydrogen) atoms. The first-order valence-corrected chi connectivity index (χ1v) is 12.7. The van der Waals surface area contributed by atoms with Crippen LogP contribution in [0.15, 0.2) is 46.9 Å². The number of ether oxygens (including phenoxy) is 2. The van der Waals surface area contributed by atoms with Crippen molar-refractivity contribution in [1.82, 2.24) is 9.88 Å². The summed E-state index contributed by atoms with van der Waals surface area (Å²) in [6.45, 7) is 5.88. The van der Waals surface area contributed by atoms with E-state index in [9.17, 15) is 8.42 Å². The minimum Gasteiger partial charge on any atom is -0.454 e. The molecule has 9 heteroatoms. The predicted molar refractivity (Wildman–Crippen MR) is 127 cm³/mol. The normalized spacial score (nSPS) is 14.0. The summed E-state index contributed by atoms with van der Waals surface area (Å²) >= 11 is 0. The fourth-order valence-corrected chi connectivity index (χ4v) is 4.61. The number of hydrogen-bond donors (Lipinski definition) is 1. The molecule has 2 heterocycles. The molecule has 2 aromatic carbocycles. The van der Waals surface area contributed by atoms with Gasteiger partial charge in [-0.3, -0.25) is 4.72 Å². The van der Waals surface area contributed by atoms with Crippen molar-refractivity contribution in [2.24, 2.45) is 5.92 Å². The van der Waals surface area contributed by atoms with E-state index in [1.165, 1.54) is 5.56 Å². The van der Waals surface area contributed by atoms with E-state index < -0.39 is 10.0 Å². The molecule has 0 unspecified atom stereocenters. The van der Waals surface area contributed by atoms with E-state index >= 15 is 0 Å². The third-order valence-corrected chi connectivity index (χ3v) is 6.00. The zero-order valence-electron chi connectivity index (χ0n) is 19.3.